The number of nitrogens with two attached hydrogens (primary N) is 1. The molecule has 1 unspecified atom stereocenters. The fourth-order valence-corrected chi connectivity index (χ4v) is 3.83. The van der Waals surface area contributed by atoms with Crippen LogP contribution >= 0.6 is 0 Å². The van der Waals surface area contributed by atoms with Gasteiger partial charge in [-0.1, -0.05) is 32.9 Å². The molecule has 0 saturated carbocycles. The van der Waals surface area contributed by atoms with Crippen LogP contribution in [0.15, 0.2) is 60.3 Å². The first kappa shape index (κ1) is 19.2. The third-order valence-electron chi connectivity index (χ3n) is 5.36. The Bertz CT molecular complexity index is 1210. The van der Waals surface area contributed by atoms with Gasteiger partial charge in [0.15, 0.2) is 11.3 Å². The molecular formula is C24H23N5O2. The van der Waals surface area contributed by atoms with E-state index >= 15 is 0 Å². The van der Waals surface area contributed by atoms with E-state index in [0.29, 0.717) is 18.1 Å². The van der Waals surface area contributed by atoms with Crippen LogP contribution < -0.4 is 10.5 Å². The highest BCUT2D eigenvalue weighted by Crippen LogP contribution is 2.51. The molecule has 1 aromatic carbocycles. The van der Waals surface area contributed by atoms with Gasteiger partial charge >= 0.3 is 0 Å². The van der Waals surface area contributed by atoms with Crippen molar-refractivity contribution in [2.75, 3.05) is 6.61 Å². The molecule has 2 aliphatic rings. The van der Waals surface area contributed by atoms with Gasteiger partial charge in [0, 0.05) is 29.1 Å². The van der Waals surface area contributed by atoms with Gasteiger partial charge in [0.1, 0.15) is 18.7 Å². The van der Waals surface area contributed by atoms with Crippen LogP contribution in [-0.2, 0) is 10.3 Å². The number of pyridine rings is 1. The molecule has 2 aromatic heterocycles. The number of ether oxygens (including phenoxy) is 2. The first-order valence-corrected chi connectivity index (χ1v) is 10.1. The van der Waals surface area contributed by atoms with Crippen molar-refractivity contribution in [3.63, 3.8) is 0 Å². The number of aliphatic imine (C=N–C) groups is 1. The zero-order valence-corrected chi connectivity index (χ0v) is 17.7. The fraction of sp³-hybridized carbons (Fsp3) is 0.250. The van der Waals surface area contributed by atoms with Gasteiger partial charge < -0.3 is 15.2 Å². The number of aromatic nitrogens is 3. The van der Waals surface area contributed by atoms with Gasteiger partial charge in [-0.05, 0) is 35.3 Å². The van der Waals surface area contributed by atoms with E-state index in [4.69, 9.17) is 20.2 Å². The number of fused-ring (bicyclic) bond motifs is 4. The van der Waals surface area contributed by atoms with Crippen LogP contribution in [-0.4, -0.2) is 27.6 Å². The summed E-state index contributed by atoms with van der Waals surface area (Å²) in [5.41, 5.74) is 9.71. The molecule has 2 N–H and O–H groups in total. The summed E-state index contributed by atoms with van der Waals surface area (Å²) in [4.78, 5) is 17.6. The monoisotopic (exact) mass is 413 g/mol. The van der Waals surface area contributed by atoms with Crippen LogP contribution in [0.1, 0.15) is 37.6 Å². The molecule has 0 radical (unpaired) electrons. The van der Waals surface area contributed by atoms with Crippen molar-refractivity contribution < 1.29 is 9.47 Å². The number of hydrogen-bond acceptors (Lipinski definition) is 7. The van der Waals surface area contributed by atoms with Crippen molar-refractivity contribution in [2.45, 2.75) is 26.3 Å². The van der Waals surface area contributed by atoms with Crippen molar-refractivity contribution in [1.29, 1.82) is 0 Å². The lowest BCUT2D eigenvalue weighted by atomic mass is 9.80. The zero-order valence-electron chi connectivity index (χ0n) is 17.7. The Labute approximate surface area is 180 Å². The van der Waals surface area contributed by atoms with Gasteiger partial charge in [0.25, 0.3) is 6.02 Å². The highest BCUT2D eigenvalue weighted by atomic mass is 16.5. The van der Waals surface area contributed by atoms with Crippen molar-refractivity contribution in [2.24, 2.45) is 16.1 Å². The quantitative estimate of drug-likeness (QED) is 0.673. The van der Waals surface area contributed by atoms with E-state index in [-0.39, 0.29) is 11.4 Å². The van der Waals surface area contributed by atoms with E-state index in [0.717, 1.165) is 27.9 Å². The maximum atomic E-state index is 6.21. The Morgan fingerprint density at radius 2 is 1.77 bits per heavy atom. The maximum Gasteiger partial charge on any atom is 0.283 e. The molecule has 4 heterocycles. The average Bonchev–Trinajstić information content (AvgIpc) is 3.15. The molecule has 1 spiro atoms. The minimum atomic E-state index is -0.800. The van der Waals surface area contributed by atoms with Gasteiger partial charge in [0.05, 0.1) is 11.9 Å². The Morgan fingerprint density at radius 3 is 2.48 bits per heavy atom. The van der Waals surface area contributed by atoms with Gasteiger partial charge in [-0.3, -0.25) is 4.98 Å². The molecule has 3 aromatic rings. The summed E-state index contributed by atoms with van der Waals surface area (Å²) >= 11 is 0. The molecule has 0 aliphatic carbocycles. The van der Waals surface area contributed by atoms with E-state index in [2.05, 4.69) is 41.8 Å². The topological polar surface area (TPSA) is 95.5 Å². The van der Waals surface area contributed by atoms with E-state index in [1.807, 2.05) is 30.3 Å². The number of nitrogens with zero attached hydrogens (tertiary/aromatic N) is 4. The zero-order chi connectivity index (χ0) is 21.6. The molecule has 7 nitrogen and oxygen atoms in total. The van der Waals surface area contributed by atoms with Crippen molar-refractivity contribution in [1.82, 2.24) is 15.0 Å². The number of rotatable bonds is 2. The summed E-state index contributed by atoms with van der Waals surface area (Å²) in [5, 5.41) is 0. The molecule has 2 aliphatic heterocycles. The predicted octanol–water partition coefficient (Wildman–Crippen LogP) is 4.29. The number of hydrogen-bond donors (Lipinski definition) is 1. The van der Waals surface area contributed by atoms with Crippen LogP contribution in [0.4, 0.5) is 0 Å². The SMILES string of the molecule is CC(C)(C)/C=C/c1cc2c(cn1)Oc1ccc(-c3cncnc3)cc1C21COC(N)=N1. The van der Waals surface area contributed by atoms with Crippen LogP contribution in [0.2, 0.25) is 0 Å². The second kappa shape index (κ2) is 6.91. The molecular weight excluding hydrogens is 390 g/mol. The summed E-state index contributed by atoms with van der Waals surface area (Å²) in [6, 6.07) is 8.13. The van der Waals surface area contributed by atoms with Crippen LogP contribution in [0.3, 0.4) is 0 Å². The summed E-state index contributed by atoms with van der Waals surface area (Å²) in [7, 11) is 0. The lowest BCUT2D eigenvalue weighted by molar-refractivity contribution is 0.264. The Hall–Kier alpha value is -3.74. The van der Waals surface area contributed by atoms with Gasteiger partial charge in [-0.25, -0.2) is 15.0 Å². The summed E-state index contributed by atoms with van der Waals surface area (Å²) in [5.74, 6) is 1.35. The molecule has 0 amide bonds. The largest absolute Gasteiger partial charge is 0.462 e. The third-order valence-corrected chi connectivity index (χ3v) is 5.36. The van der Waals surface area contributed by atoms with Crippen molar-refractivity contribution in [3.05, 3.63) is 72.1 Å². The minimum absolute atomic E-state index is 0.0457. The molecule has 7 heteroatoms. The number of benzene rings is 1. The van der Waals surface area contributed by atoms with Gasteiger partial charge in [-0.2, -0.15) is 0 Å². The first-order chi connectivity index (χ1) is 14.8. The molecule has 5 rings (SSSR count). The Kier molecular flexibility index (Phi) is 4.28. The van der Waals surface area contributed by atoms with E-state index in [1.165, 1.54) is 6.33 Å². The molecule has 0 bridgehead atoms. The lowest BCUT2D eigenvalue weighted by Gasteiger charge is -2.33. The summed E-state index contributed by atoms with van der Waals surface area (Å²) < 4.78 is 11.9. The lowest BCUT2D eigenvalue weighted by Crippen LogP contribution is -2.31. The normalized spacial score (nSPS) is 19.5. The standard InChI is InChI=1S/C24H23N5O2/c1-23(2,3)7-6-17-9-19-21(12-28-17)31-20-5-4-15(16-10-26-14-27-11-16)8-18(20)24(19)13-30-22(25)29-24/h4-12,14H,13H2,1-3H3,(H2,25,29)/b7-6+. The number of allylic oxidation sites excluding steroid dienone is 1. The fourth-order valence-electron chi connectivity index (χ4n) is 3.83. The second-order valence-electron chi connectivity index (χ2n) is 8.84. The summed E-state index contributed by atoms with van der Waals surface area (Å²) in [6.45, 7) is 6.73. The molecule has 31 heavy (non-hydrogen) atoms. The van der Waals surface area contributed by atoms with E-state index in [1.54, 1.807) is 18.6 Å². The Balaban J connectivity index is 1.67. The van der Waals surface area contributed by atoms with Gasteiger partial charge in [-0.15, -0.1) is 0 Å². The van der Waals surface area contributed by atoms with E-state index < -0.39 is 5.54 Å². The smallest absolute Gasteiger partial charge is 0.283 e. The molecule has 0 fully saturated rings. The predicted molar refractivity (Wildman–Crippen MR) is 119 cm³/mol. The minimum Gasteiger partial charge on any atom is -0.462 e. The van der Waals surface area contributed by atoms with Crippen LogP contribution in [0.25, 0.3) is 17.2 Å². The third kappa shape index (κ3) is 3.42. The first-order valence-electron chi connectivity index (χ1n) is 10.1. The van der Waals surface area contributed by atoms with Crippen molar-refractivity contribution >= 4 is 12.1 Å². The maximum absolute atomic E-state index is 6.21. The highest BCUT2D eigenvalue weighted by Gasteiger charge is 2.47. The molecule has 156 valence electrons. The highest BCUT2D eigenvalue weighted by molar-refractivity contribution is 5.78. The van der Waals surface area contributed by atoms with Crippen molar-refractivity contribution in [3.8, 4) is 22.6 Å². The summed E-state index contributed by atoms with van der Waals surface area (Å²) in [6.07, 6.45) is 11.0. The Morgan fingerprint density at radius 1 is 1.00 bits per heavy atom. The molecule has 0 saturated heterocycles. The van der Waals surface area contributed by atoms with E-state index in [9.17, 15) is 0 Å². The number of amidine groups is 1. The van der Waals surface area contributed by atoms with Crippen LogP contribution in [0, 0.1) is 5.41 Å². The average molecular weight is 413 g/mol. The van der Waals surface area contributed by atoms with Crippen LogP contribution in [0.5, 0.6) is 11.5 Å². The van der Waals surface area contributed by atoms with Gasteiger partial charge in [0.2, 0.25) is 0 Å². The molecule has 1 atom stereocenters. The second-order valence-corrected chi connectivity index (χ2v) is 8.84.